The van der Waals surface area contributed by atoms with Crippen LogP contribution in [0.5, 0.6) is 0 Å². The molecule has 22 heavy (non-hydrogen) atoms. The van der Waals surface area contributed by atoms with Gasteiger partial charge in [-0.3, -0.25) is 9.88 Å². The summed E-state index contributed by atoms with van der Waals surface area (Å²) in [6.07, 6.45) is 6.91. The minimum absolute atomic E-state index is 0.0101. The number of rotatable bonds is 5. The minimum atomic E-state index is -3.11. The van der Waals surface area contributed by atoms with Crippen molar-refractivity contribution in [2.45, 2.75) is 25.0 Å². The number of sulfonamides is 1. The molecule has 2 saturated heterocycles. The molecule has 2 aliphatic heterocycles. The van der Waals surface area contributed by atoms with E-state index in [1.807, 2.05) is 12.3 Å². The highest BCUT2D eigenvalue weighted by molar-refractivity contribution is 7.88. The highest BCUT2D eigenvalue weighted by Crippen LogP contribution is 2.36. The van der Waals surface area contributed by atoms with Crippen LogP contribution in [0.3, 0.4) is 0 Å². The van der Waals surface area contributed by atoms with Crippen molar-refractivity contribution in [3.63, 3.8) is 0 Å². The number of hydrogen-bond donors (Lipinski definition) is 1. The van der Waals surface area contributed by atoms with E-state index in [0.717, 1.165) is 32.5 Å². The molecule has 1 spiro atoms. The first-order chi connectivity index (χ1) is 10.4. The highest BCUT2D eigenvalue weighted by Gasteiger charge is 2.46. The van der Waals surface area contributed by atoms with Crippen molar-refractivity contribution in [2.75, 3.05) is 32.5 Å². The van der Waals surface area contributed by atoms with Crippen LogP contribution in [0.25, 0.3) is 0 Å². The topological polar surface area (TPSA) is 71.5 Å². The van der Waals surface area contributed by atoms with Gasteiger partial charge in [-0.2, -0.15) is 0 Å². The molecule has 0 unspecified atom stereocenters. The predicted octanol–water partition coefficient (Wildman–Crippen LogP) is 0.612. The molecular weight excluding hydrogens is 302 g/mol. The molecule has 3 rings (SSSR count). The number of pyridine rings is 1. The molecule has 1 atom stereocenters. The second-order valence-corrected chi connectivity index (χ2v) is 8.36. The fourth-order valence-electron chi connectivity index (χ4n) is 3.23. The third-order valence-electron chi connectivity index (χ3n) is 4.42. The van der Waals surface area contributed by atoms with Gasteiger partial charge in [-0.25, -0.2) is 13.1 Å². The molecule has 1 aromatic heterocycles. The first kappa shape index (κ1) is 15.9. The van der Waals surface area contributed by atoms with Crippen molar-refractivity contribution in [1.29, 1.82) is 0 Å². The average Bonchev–Trinajstić information content (AvgIpc) is 2.45. The van der Waals surface area contributed by atoms with E-state index in [2.05, 4.69) is 20.7 Å². The Morgan fingerprint density at radius 3 is 2.91 bits per heavy atom. The van der Waals surface area contributed by atoms with Crippen molar-refractivity contribution in [3.8, 4) is 0 Å². The molecule has 0 saturated carbocycles. The van der Waals surface area contributed by atoms with Crippen LogP contribution >= 0.6 is 0 Å². The Hall–Kier alpha value is -1.02. The predicted molar refractivity (Wildman–Crippen MR) is 83.8 cm³/mol. The summed E-state index contributed by atoms with van der Waals surface area (Å²) in [5, 5.41) is 0. The van der Waals surface area contributed by atoms with Crippen LogP contribution in [0.1, 0.15) is 18.4 Å². The number of hydrogen-bond acceptors (Lipinski definition) is 5. The van der Waals surface area contributed by atoms with E-state index in [0.29, 0.717) is 13.2 Å². The van der Waals surface area contributed by atoms with Gasteiger partial charge in [-0.1, -0.05) is 6.07 Å². The summed E-state index contributed by atoms with van der Waals surface area (Å²) in [6, 6.07) is 4.05. The summed E-state index contributed by atoms with van der Waals surface area (Å²) in [4.78, 5) is 6.50. The van der Waals surface area contributed by atoms with Gasteiger partial charge in [0.25, 0.3) is 0 Å². The molecule has 122 valence electrons. The first-order valence-corrected chi connectivity index (χ1v) is 9.53. The average molecular weight is 325 g/mol. The highest BCUT2D eigenvalue weighted by atomic mass is 32.2. The van der Waals surface area contributed by atoms with Crippen LogP contribution in [0.2, 0.25) is 0 Å². The number of aromatic nitrogens is 1. The molecule has 7 heteroatoms. The molecule has 3 heterocycles. The lowest BCUT2D eigenvalue weighted by Gasteiger charge is -2.53. The molecule has 0 aromatic carbocycles. The lowest BCUT2D eigenvalue weighted by atomic mass is 9.83. The van der Waals surface area contributed by atoms with E-state index >= 15 is 0 Å². The van der Waals surface area contributed by atoms with Crippen LogP contribution in [-0.2, 0) is 21.3 Å². The Morgan fingerprint density at radius 1 is 1.50 bits per heavy atom. The molecule has 0 bridgehead atoms. The first-order valence-electron chi connectivity index (χ1n) is 7.64. The summed E-state index contributed by atoms with van der Waals surface area (Å²) in [5.41, 5.74) is 1.22. The zero-order valence-corrected chi connectivity index (χ0v) is 13.7. The molecule has 2 fully saturated rings. The zero-order valence-electron chi connectivity index (χ0n) is 12.9. The lowest BCUT2D eigenvalue weighted by molar-refractivity contribution is -0.181. The Balaban J connectivity index is 1.41. The maximum atomic E-state index is 11.1. The fraction of sp³-hybridized carbons (Fsp3) is 0.667. The van der Waals surface area contributed by atoms with E-state index in [1.54, 1.807) is 6.20 Å². The van der Waals surface area contributed by atoms with E-state index in [1.165, 1.54) is 11.8 Å². The largest absolute Gasteiger partial charge is 0.372 e. The molecule has 0 radical (unpaired) electrons. The summed E-state index contributed by atoms with van der Waals surface area (Å²) in [5.74, 6) is 0.285. The third-order valence-corrected chi connectivity index (χ3v) is 5.11. The molecule has 0 amide bonds. The van der Waals surface area contributed by atoms with Crippen molar-refractivity contribution >= 4 is 10.0 Å². The van der Waals surface area contributed by atoms with Gasteiger partial charge in [0, 0.05) is 38.6 Å². The van der Waals surface area contributed by atoms with E-state index in [-0.39, 0.29) is 11.5 Å². The third kappa shape index (κ3) is 4.04. The second kappa shape index (κ2) is 6.23. The molecule has 6 nitrogen and oxygen atoms in total. The molecule has 0 aliphatic carbocycles. The number of nitrogens with one attached hydrogen (secondary N) is 1. The van der Waals surface area contributed by atoms with Crippen molar-refractivity contribution in [2.24, 2.45) is 5.92 Å². The maximum absolute atomic E-state index is 11.1. The van der Waals surface area contributed by atoms with Gasteiger partial charge in [0.1, 0.15) is 0 Å². The minimum Gasteiger partial charge on any atom is -0.372 e. The summed E-state index contributed by atoms with van der Waals surface area (Å²) in [6.45, 7) is 3.94. The Morgan fingerprint density at radius 2 is 2.32 bits per heavy atom. The monoisotopic (exact) mass is 325 g/mol. The SMILES string of the molecule is CS(=O)(=O)NC[C@H]1CCC2(CN(Cc3cccnc3)C2)OC1. The van der Waals surface area contributed by atoms with Crippen molar-refractivity contribution in [3.05, 3.63) is 30.1 Å². The van der Waals surface area contributed by atoms with E-state index < -0.39 is 10.0 Å². The maximum Gasteiger partial charge on any atom is 0.208 e. The summed E-state index contributed by atoms with van der Waals surface area (Å²) >= 11 is 0. The zero-order chi connectivity index (χ0) is 15.6. The standard InChI is InChI=1S/C15H23N3O3S/c1-22(19,20)17-8-14-4-5-15(21-10-14)11-18(12-15)9-13-3-2-6-16-7-13/h2-3,6-7,14,17H,4-5,8-12H2,1H3/t14-/m1/s1. The van der Waals surface area contributed by atoms with Gasteiger partial charge in [-0.15, -0.1) is 0 Å². The van der Waals surface area contributed by atoms with Crippen molar-refractivity contribution in [1.82, 2.24) is 14.6 Å². The molecule has 1 N–H and O–H groups in total. The van der Waals surface area contributed by atoms with Crippen LogP contribution in [-0.4, -0.2) is 56.4 Å². The molecule has 1 aromatic rings. The quantitative estimate of drug-likeness (QED) is 0.859. The van der Waals surface area contributed by atoms with Gasteiger partial charge >= 0.3 is 0 Å². The lowest BCUT2D eigenvalue weighted by Crippen LogP contribution is -2.64. The van der Waals surface area contributed by atoms with Gasteiger partial charge < -0.3 is 4.74 Å². The Labute approximate surface area is 131 Å². The van der Waals surface area contributed by atoms with Gasteiger partial charge in [0.2, 0.25) is 10.0 Å². The number of likely N-dealkylation sites (tertiary alicyclic amines) is 1. The van der Waals surface area contributed by atoms with Crippen LogP contribution in [0, 0.1) is 5.92 Å². The smallest absolute Gasteiger partial charge is 0.208 e. The summed E-state index contributed by atoms with van der Waals surface area (Å²) in [7, 11) is -3.11. The molecular formula is C15H23N3O3S. The van der Waals surface area contributed by atoms with Gasteiger partial charge in [0.15, 0.2) is 0 Å². The Bertz CT molecular complexity index is 590. The van der Waals surface area contributed by atoms with E-state index in [4.69, 9.17) is 4.74 Å². The van der Waals surface area contributed by atoms with Crippen LogP contribution < -0.4 is 4.72 Å². The fourth-order valence-corrected chi connectivity index (χ4v) is 3.77. The van der Waals surface area contributed by atoms with Gasteiger partial charge in [0.05, 0.1) is 18.5 Å². The number of nitrogens with zero attached hydrogens (tertiary/aromatic N) is 2. The number of ether oxygens (including phenoxy) is 1. The van der Waals surface area contributed by atoms with Crippen LogP contribution in [0.15, 0.2) is 24.5 Å². The summed E-state index contributed by atoms with van der Waals surface area (Å²) < 4.78 is 30.9. The second-order valence-electron chi connectivity index (χ2n) is 6.53. The molecule has 2 aliphatic rings. The van der Waals surface area contributed by atoms with E-state index in [9.17, 15) is 8.42 Å². The van der Waals surface area contributed by atoms with Gasteiger partial charge in [-0.05, 0) is 30.4 Å². The van der Waals surface area contributed by atoms with Crippen LogP contribution in [0.4, 0.5) is 0 Å². The Kier molecular flexibility index (Phi) is 4.49. The van der Waals surface area contributed by atoms with Crippen molar-refractivity contribution < 1.29 is 13.2 Å². The normalized spacial score (nSPS) is 25.0.